The minimum absolute atomic E-state index is 0.268. The molecule has 4 nitrogen and oxygen atoms in total. The van der Waals surface area contributed by atoms with Crippen molar-refractivity contribution >= 4 is 34.8 Å². The summed E-state index contributed by atoms with van der Waals surface area (Å²) in [5.74, 6) is 1.46. The van der Waals surface area contributed by atoms with E-state index in [-0.39, 0.29) is 5.82 Å². The fourth-order valence-electron chi connectivity index (χ4n) is 1.27. The minimum Gasteiger partial charge on any atom is -0.382 e. The van der Waals surface area contributed by atoms with Gasteiger partial charge in [-0.1, -0.05) is 37.0 Å². The van der Waals surface area contributed by atoms with Crippen molar-refractivity contribution in [3.8, 4) is 0 Å². The Morgan fingerprint density at radius 2 is 2.06 bits per heavy atom. The molecule has 0 saturated heterocycles. The molecule has 3 N–H and O–H groups in total. The topological polar surface area (TPSA) is 60.2 Å². The first kappa shape index (κ1) is 15.3. The van der Waals surface area contributed by atoms with E-state index in [1.54, 1.807) is 6.07 Å². The van der Waals surface area contributed by atoms with Crippen LogP contribution >= 0.6 is 23.2 Å². The number of hydrogen-bond acceptors (Lipinski definition) is 4. The number of nitrogen functional groups attached to an aromatic ring is 1. The first-order chi connectivity index (χ1) is 8.50. The van der Waals surface area contributed by atoms with Gasteiger partial charge in [0.2, 0.25) is 0 Å². The molecular formula is C12H19Cl2N3O. The summed E-state index contributed by atoms with van der Waals surface area (Å²) in [4.78, 5) is 4.07. The van der Waals surface area contributed by atoms with Gasteiger partial charge in [-0.2, -0.15) is 0 Å². The maximum absolute atomic E-state index is 5.98. The van der Waals surface area contributed by atoms with Gasteiger partial charge in [-0.3, -0.25) is 0 Å². The van der Waals surface area contributed by atoms with Gasteiger partial charge < -0.3 is 15.8 Å². The quantitative estimate of drug-likeness (QED) is 0.756. The van der Waals surface area contributed by atoms with Crippen molar-refractivity contribution in [2.75, 3.05) is 30.8 Å². The van der Waals surface area contributed by atoms with Crippen molar-refractivity contribution < 1.29 is 4.74 Å². The zero-order valence-electron chi connectivity index (χ0n) is 10.7. The molecular weight excluding hydrogens is 273 g/mol. The number of ether oxygens (including phenoxy) is 1. The van der Waals surface area contributed by atoms with E-state index < -0.39 is 0 Å². The second kappa shape index (κ2) is 7.67. The van der Waals surface area contributed by atoms with E-state index in [0.29, 0.717) is 34.9 Å². The van der Waals surface area contributed by atoms with E-state index in [2.05, 4.69) is 24.1 Å². The molecule has 0 saturated carbocycles. The van der Waals surface area contributed by atoms with Crippen LogP contribution in [0, 0.1) is 5.92 Å². The summed E-state index contributed by atoms with van der Waals surface area (Å²) < 4.78 is 5.47. The molecule has 1 aromatic rings. The number of nitrogens with zero attached hydrogens (tertiary/aromatic N) is 1. The molecule has 1 aromatic heterocycles. The lowest BCUT2D eigenvalue weighted by Gasteiger charge is -2.10. The van der Waals surface area contributed by atoms with E-state index in [0.717, 1.165) is 13.0 Å². The lowest BCUT2D eigenvalue weighted by molar-refractivity contribution is 0.132. The molecule has 0 aliphatic rings. The van der Waals surface area contributed by atoms with Gasteiger partial charge in [-0.15, -0.1) is 0 Å². The highest BCUT2D eigenvalue weighted by atomic mass is 35.5. The molecule has 0 bridgehead atoms. The Kier molecular flexibility index (Phi) is 6.54. The molecule has 102 valence electrons. The van der Waals surface area contributed by atoms with Crippen LogP contribution in [-0.2, 0) is 4.74 Å². The fraction of sp³-hybridized carbons (Fsp3) is 0.583. The highest BCUT2D eigenvalue weighted by Crippen LogP contribution is 2.26. The van der Waals surface area contributed by atoms with E-state index in [9.17, 15) is 0 Å². The van der Waals surface area contributed by atoms with Crippen molar-refractivity contribution in [3.05, 3.63) is 16.1 Å². The Hall–Kier alpha value is -0.710. The monoisotopic (exact) mass is 291 g/mol. The van der Waals surface area contributed by atoms with Crippen LogP contribution in [0.25, 0.3) is 0 Å². The lowest BCUT2D eigenvalue weighted by Crippen LogP contribution is -2.12. The second-order valence-corrected chi connectivity index (χ2v) is 5.22. The van der Waals surface area contributed by atoms with Gasteiger partial charge in [0, 0.05) is 13.2 Å². The molecule has 0 atom stereocenters. The number of halogens is 2. The molecule has 6 heteroatoms. The predicted octanol–water partition coefficient (Wildman–Crippen LogP) is 3.45. The van der Waals surface area contributed by atoms with Crippen LogP contribution in [0.1, 0.15) is 20.3 Å². The molecule has 0 fully saturated rings. The van der Waals surface area contributed by atoms with E-state index >= 15 is 0 Å². The van der Waals surface area contributed by atoms with E-state index in [1.807, 2.05) is 0 Å². The van der Waals surface area contributed by atoms with Gasteiger partial charge in [0.25, 0.3) is 0 Å². The average Bonchev–Trinajstić information content (AvgIpc) is 2.29. The van der Waals surface area contributed by atoms with Gasteiger partial charge in [0.15, 0.2) is 0 Å². The Morgan fingerprint density at radius 1 is 1.33 bits per heavy atom. The zero-order chi connectivity index (χ0) is 13.5. The summed E-state index contributed by atoms with van der Waals surface area (Å²) >= 11 is 11.8. The normalized spacial score (nSPS) is 10.9. The molecule has 0 aliphatic heterocycles. The van der Waals surface area contributed by atoms with Gasteiger partial charge in [-0.25, -0.2) is 4.98 Å². The Labute approximate surface area is 118 Å². The molecule has 0 aromatic carbocycles. The van der Waals surface area contributed by atoms with Gasteiger partial charge in [0.05, 0.1) is 16.7 Å². The average molecular weight is 292 g/mol. The maximum Gasteiger partial charge on any atom is 0.147 e. The number of rotatable bonds is 7. The summed E-state index contributed by atoms with van der Waals surface area (Å²) in [6, 6.07) is 1.58. The zero-order valence-corrected chi connectivity index (χ0v) is 12.2. The highest BCUT2D eigenvalue weighted by Gasteiger charge is 2.06. The van der Waals surface area contributed by atoms with E-state index in [4.69, 9.17) is 33.7 Å². The molecule has 0 unspecified atom stereocenters. The van der Waals surface area contributed by atoms with E-state index in [1.165, 1.54) is 0 Å². The predicted molar refractivity (Wildman–Crippen MR) is 77.4 cm³/mol. The minimum atomic E-state index is 0.268. The van der Waals surface area contributed by atoms with Crippen LogP contribution in [0.15, 0.2) is 6.07 Å². The summed E-state index contributed by atoms with van der Waals surface area (Å²) in [6.45, 7) is 6.34. The summed E-state index contributed by atoms with van der Waals surface area (Å²) in [5, 5.41) is 3.88. The number of nitrogens with one attached hydrogen (secondary N) is 1. The van der Waals surface area contributed by atoms with Crippen molar-refractivity contribution in [1.29, 1.82) is 0 Å². The Morgan fingerprint density at radius 3 is 2.72 bits per heavy atom. The van der Waals surface area contributed by atoms with Crippen LogP contribution in [0.4, 0.5) is 11.6 Å². The summed E-state index contributed by atoms with van der Waals surface area (Å²) in [7, 11) is 0. The molecule has 1 heterocycles. The molecule has 1 rings (SSSR count). The molecule has 0 amide bonds. The summed E-state index contributed by atoms with van der Waals surface area (Å²) in [5.41, 5.74) is 5.60. The smallest absolute Gasteiger partial charge is 0.147 e. The van der Waals surface area contributed by atoms with Crippen LogP contribution in [0.5, 0.6) is 0 Å². The third-order valence-electron chi connectivity index (χ3n) is 2.34. The summed E-state index contributed by atoms with van der Waals surface area (Å²) in [6.07, 6.45) is 1.06. The number of hydrogen-bond donors (Lipinski definition) is 2. The van der Waals surface area contributed by atoms with Crippen LogP contribution in [0.2, 0.25) is 10.0 Å². The first-order valence-electron chi connectivity index (χ1n) is 5.94. The van der Waals surface area contributed by atoms with Crippen molar-refractivity contribution in [3.63, 3.8) is 0 Å². The van der Waals surface area contributed by atoms with Gasteiger partial charge in [-0.05, 0) is 18.4 Å². The van der Waals surface area contributed by atoms with Gasteiger partial charge in [0.1, 0.15) is 11.6 Å². The van der Waals surface area contributed by atoms with Crippen molar-refractivity contribution in [2.24, 2.45) is 5.92 Å². The third kappa shape index (κ3) is 5.29. The lowest BCUT2D eigenvalue weighted by atomic mass is 10.1. The van der Waals surface area contributed by atoms with Crippen LogP contribution in [0.3, 0.4) is 0 Å². The Bertz CT molecular complexity index is 386. The molecule has 0 radical (unpaired) electrons. The third-order valence-corrected chi connectivity index (χ3v) is 2.93. The van der Waals surface area contributed by atoms with Crippen molar-refractivity contribution in [2.45, 2.75) is 20.3 Å². The van der Waals surface area contributed by atoms with Crippen LogP contribution in [-0.4, -0.2) is 24.7 Å². The number of anilines is 2. The first-order valence-corrected chi connectivity index (χ1v) is 6.69. The van der Waals surface area contributed by atoms with Gasteiger partial charge >= 0.3 is 0 Å². The fourth-order valence-corrected chi connectivity index (χ4v) is 1.69. The van der Waals surface area contributed by atoms with Crippen molar-refractivity contribution in [1.82, 2.24) is 4.98 Å². The Balaban J connectivity index is 2.29. The number of nitrogens with two attached hydrogens (primary N) is 1. The standard InChI is InChI=1S/C12H19Cl2N3O/c1-8(2)3-5-18-6-4-16-12-10(14)7-9(13)11(15)17-12/h7-8H,3-6H2,1-2H3,(H3,15,16,17). The SMILES string of the molecule is CC(C)CCOCCNc1nc(N)c(Cl)cc1Cl. The largest absolute Gasteiger partial charge is 0.382 e. The number of pyridine rings is 1. The number of aromatic nitrogens is 1. The van der Waals surface area contributed by atoms with Crippen LogP contribution < -0.4 is 11.1 Å². The highest BCUT2D eigenvalue weighted by molar-refractivity contribution is 6.37. The second-order valence-electron chi connectivity index (χ2n) is 4.41. The maximum atomic E-state index is 5.98. The molecule has 0 aliphatic carbocycles. The molecule has 0 spiro atoms. The molecule has 18 heavy (non-hydrogen) atoms.